The number of carbonyl (C=O) groups is 1. The third-order valence-electron chi connectivity index (χ3n) is 5.47. The van der Waals surface area contributed by atoms with Gasteiger partial charge in [0.15, 0.2) is 11.2 Å². The van der Waals surface area contributed by atoms with Gasteiger partial charge in [-0.2, -0.15) is 10.1 Å². The van der Waals surface area contributed by atoms with Gasteiger partial charge in [-0.25, -0.2) is 9.55 Å². The molecule has 212 valence electrons. The van der Waals surface area contributed by atoms with Crippen molar-refractivity contribution < 1.29 is 33.0 Å². The zero-order chi connectivity index (χ0) is 28.5. The minimum absolute atomic E-state index is 0.0339. The average Bonchev–Trinajstić information content (AvgIpc) is 3.35. The van der Waals surface area contributed by atoms with Crippen LogP contribution in [-0.2, 0) is 36.7 Å². The van der Waals surface area contributed by atoms with Crippen molar-refractivity contribution in [3.05, 3.63) is 82.9 Å². The van der Waals surface area contributed by atoms with E-state index < -0.39 is 38.0 Å². The van der Waals surface area contributed by atoms with Gasteiger partial charge in [0.1, 0.15) is 31.2 Å². The molecule has 14 nitrogen and oxygen atoms in total. The fourth-order valence-corrected chi connectivity index (χ4v) is 4.96. The van der Waals surface area contributed by atoms with Crippen LogP contribution in [0, 0.1) is 0 Å². The summed E-state index contributed by atoms with van der Waals surface area (Å²) in [5.74, 6) is -0.542. The molecule has 0 spiro atoms. The minimum Gasteiger partial charge on any atom is -0.460 e. The van der Waals surface area contributed by atoms with E-state index in [-0.39, 0.29) is 42.8 Å². The summed E-state index contributed by atoms with van der Waals surface area (Å²) >= 11 is 0. The number of imidazole rings is 1. The molecule has 0 amide bonds. The lowest BCUT2D eigenvalue weighted by atomic mass is 10.2. The summed E-state index contributed by atoms with van der Waals surface area (Å²) in [5, 5.41) is 12.4. The smallest absolute Gasteiger partial charge is 0.459 e. The molecule has 15 heteroatoms. The number of anilines is 1. The molecule has 0 saturated heterocycles. The zero-order valence-electron chi connectivity index (χ0n) is 21.5. The largest absolute Gasteiger partial charge is 0.460 e. The number of nitrogens with zero attached hydrogens (tertiary/aromatic N) is 3. The Morgan fingerprint density at radius 2 is 1.88 bits per heavy atom. The molecule has 2 heterocycles. The number of hydrogen-bond acceptors (Lipinski definition) is 11. The minimum atomic E-state index is -4.19. The van der Waals surface area contributed by atoms with Gasteiger partial charge in [0.2, 0.25) is 5.95 Å². The second kappa shape index (κ2) is 13.3. The highest BCUT2D eigenvalue weighted by Crippen LogP contribution is 2.45. The van der Waals surface area contributed by atoms with E-state index in [1.54, 1.807) is 30.3 Å². The summed E-state index contributed by atoms with van der Waals surface area (Å²) in [6.07, 6.45) is 0.349. The monoisotopic (exact) mass is 572 g/mol. The van der Waals surface area contributed by atoms with Crippen LogP contribution in [0.1, 0.15) is 12.5 Å². The number of nitrogens with one attached hydrogen (secondary N) is 2. The highest BCUT2D eigenvalue weighted by Gasteiger charge is 2.33. The number of hydrogen-bond donors (Lipinski definition) is 4. The van der Waals surface area contributed by atoms with Gasteiger partial charge < -0.3 is 24.8 Å². The molecule has 5 N–H and O–H groups in total. The lowest BCUT2D eigenvalue weighted by Gasteiger charge is -2.24. The van der Waals surface area contributed by atoms with Gasteiger partial charge in [-0.1, -0.05) is 48.5 Å². The number of H-pyrrole nitrogens is 1. The van der Waals surface area contributed by atoms with E-state index in [1.165, 1.54) is 17.8 Å². The van der Waals surface area contributed by atoms with Crippen molar-refractivity contribution in [3.8, 4) is 5.75 Å². The molecular weight excluding hydrogens is 543 g/mol. The van der Waals surface area contributed by atoms with E-state index in [9.17, 15) is 19.3 Å². The second-order valence-corrected chi connectivity index (χ2v) is 10.3. The fourth-order valence-electron chi connectivity index (χ4n) is 3.44. The van der Waals surface area contributed by atoms with E-state index in [0.29, 0.717) is 0 Å². The Hall–Kier alpha value is -4.07. The summed E-state index contributed by atoms with van der Waals surface area (Å²) in [4.78, 5) is 35.0. The van der Waals surface area contributed by atoms with Crippen LogP contribution in [0.3, 0.4) is 0 Å². The van der Waals surface area contributed by atoms with E-state index in [0.717, 1.165) is 5.56 Å². The number of aromatic amines is 1. The average molecular weight is 573 g/mol. The molecule has 0 aliphatic carbocycles. The first-order valence-corrected chi connectivity index (χ1v) is 13.7. The van der Waals surface area contributed by atoms with Gasteiger partial charge in [0.05, 0.1) is 19.5 Å². The first-order chi connectivity index (χ1) is 19.3. The number of ether oxygens (including phenoxy) is 2. The number of aromatic nitrogens is 4. The van der Waals surface area contributed by atoms with Crippen molar-refractivity contribution in [2.75, 3.05) is 18.9 Å². The molecule has 2 aromatic carbocycles. The van der Waals surface area contributed by atoms with Gasteiger partial charge in [0, 0.05) is 0 Å². The number of nitrogens with two attached hydrogens (primary N) is 1. The second-order valence-electron chi connectivity index (χ2n) is 8.58. The summed E-state index contributed by atoms with van der Waals surface area (Å²) < 4.78 is 37.3. The number of aliphatic hydroxyl groups is 1. The number of para-hydroxylation sites is 1. The molecule has 4 aromatic rings. The Kier molecular flexibility index (Phi) is 9.64. The Bertz CT molecular complexity index is 1510. The number of nitrogen functional groups attached to an aromatic ring is 1. The number of esters is 1. The first kappa shape index (κ1) is 28.9. The number of aliphatic hydroxyl groups excluding tert-OH is 1. The summed E-state index contributed by atoms with van der Waals surface area (Å²) in [5.41, 5.74) is 6.14. The summed E-state index contributed by atoms with van der Waals surface area (Å²) in [6, 6.07) is 16.3. The molecular formula is C25H29N6O8P. The molecule has 2 unspecified atom stereocenters. The van der Waals surface area contributed by atoms with Crippen LogP contribution in [0.15, 0.2) is 71.8 Å². The lowest BCUT2D eigenvalue weighted by Crippen LogP contribution is -2.36. The lowest BCUT2D eigenvalue weighted by molar-refractivity contribution is -0.146. The van der Waals surface area contributed by atoms with Crippen molar-refractivity contribution in [1.29, 1.82) is 0 Å². The van der Waals surface area contributed by atoms with Crippen LogP contribution in [0.4, 0.5) is 5.95 Å². The Morgan fingerprint density at radius 3 is 2.58 bits per heavy atom. The topological polar surface area (TPSA) is 193 Å². The van der Waals surface area contributed by atoms with Gasteiger partial charge in [0.25, 0.3) is 5.56 Å². The molecule has 0 radical (unpaired) electrons. The number of fused-ring (bicyclic) bond motifs is 1. The molecule has 4 rings (SSSR count). The van der Waals surface area contributed by atoms with Gasteiger partial charge >= 0.3 is 13.7 Å². The third-order valence-corrected chi connectivity index (χ3v) is 7.12. The Labute approximate surface area is 228 Å². The van der Waals surface area contributed by atoms with E-state index >= 15 is 0 Å². The summed E-state index contributed by atoms with van der Waals surface area (Å²) in [6.45, 7) is 0.417. The number of benzene rings is 2. The van der Waals surface area contributed by atoms with Crippen LogP contribution in [-0.4, -0.2) is 56.0 Å². The summed E-state index contributed by atoms with van der Waals surface area (Å²) in [7, 11) is -4.19. The Balaban J connectivity index is 1.40. The highest BCUT2D eigenvalue weighted by atomic mass is 31.2. The van der Waals surface area contributed by atoms with Crippen molar-refractivity contribution in [2.45, 2.75) is 32.4 Å². The quantitative estimate of drug-likeness (QED) is 0.127. The molecule has 0 aliphatic heterocycles. The molecule has 0 aliphatic rings. The number of carbonyl (C=O) groups excluding carboxylic acids is 1. The Morgan fingerprint density at radius 1 is 1.18 bits per heavy atom. The number of rotatable bonds is 14. The van der Waals surface area contributed by atoms with Crippen LogP contribution >= 0.6 is 7.75 Å². The predicted octanol–water partition coefficient (Wildman–Crippen LogP) is 1.96. The maximum Gasteiger partial charge on any atom is 0.459 e. The van der Waals surface area contributed by atoms with Crippen molar-refractivity contribution in [3.63, 3.8) is 0 Å². The first-order valence-electron chi connectivity index (χ1n) is 12.2. The maximum absolute atomic E-state index is 13.7. The molecule has 0 bridgehead atoms. The van der Waals surface area contributed by atoms with Crippen molar-refractivity contribution >= 4 is 30.8 Å². The molecule has 0 fully saturated rings. The fraction of sp³-hybridized carbons (Fsp3) is 0.280. The van der Waals surface area contributed by atoms with Crippen LogP contribution in [0.5, 0.6) is 5.75 Å². The van der Waals surface area contributed by atoms with Crippen molar-refractivity contribution in [1.82, 2.24) is 24.6 Å². The van der Waals surface area contributed by atoms with Crippen LogP contribution < -0.4 is 20.9 Å². The zero-order valence-corrected chi connectivity index (χ0v) is 22.4. The van der Waals surface area contributed by atoms with E-state index in [1.807, 2.05) is 30.3 Å². The molecule has 3 atom stereocenters. The highest BCUT2D eigenvalue weighted by molar-refractivity contribution is 7.52. The van der Waals surface area contributed by atoms with E-state index in [4.69, 9.17) is 24.3 Å². The third kappa shape index (κ3) is 7.74. The van der Waals surface area contributed by atoms with Crippen LogP contribution in [0.2, 0.25) is 0 Å². The predicted molar refractivity (Wildman–Crippen MR) is 144 cm³/mol. The van der Waals surface area contributed by atoms with Gasteiger partial charge in [-0.15, -0.1) is 0 Å². The van der Waals surface area contributed by atoms with Gasteiger partial charge in [-0.05, 0) is 24.6 Å². The van der Waals surface area contributed by atoms with Crippen LogP contribution in [0.25, 0.3) is 11.2 Å². The standard InChI is InChI=1S/C25H29N6O8P/c1-17(24(34)36-13-18-8-4-2-5-9-18)30-40(35,39-19-10-6-3-7-11-19)38-14-20(12-32)37-16-31-15-27-21-22(31)28-25(26)29-23(21)33/h2-11,15,17,20,32H,12-14,16H2,1H3,(H,30,35)(H3,26,28,29,33)/t17-,20?,40?/m0/s1. The molecule has 0 saturated carbocycles. The molecule has 40 heavy (non-hydrogen) atoms. The maximum atomic E-state index is 13.7. The SMILES string of the molecule is C[C@H](NP(=O)(OCC(CO)OCn1cnc2c(=O)[nH]c(N)nc21)Oc1ccccc1)C(=O)OCc1ccccc1. The van der Waals surface area contributed by atoms with E-state index in [2.05, 4.69) is 20.0 Å². The normalized spacial score (nSPS) is 14.3. The van der Waals surface area contributed by atoms with Gasteiger partial charge in [-0.3, -0.25) is 23.7 Å². The van der Waals surface area contributed by atoms with Crippen molar-refractivity contribution in [2.24, 2.45) is 0 Å². The molecule has 2 aromatic heterocycles.